The summed E-state index contributed by atoms with van der Waals surface area (Å²) in [7, 11) is 9.40. The van der Waals surface area contributed by atoms with E-state index < -0.39 is 0 Å². The van der Waals surface area contributed by atoms with Crippen molar-refractivity contribution in [3.8, 4) is 0 Å². The molecule has 1 aliphatic rings. The zero-order chi connectivity index (χ0) is 8.36. The Morgan fingerprint density at radius 1 is 1.09 bits per heavy atom. The maximum atomic E-state index is 4.70. The summed E-state index contributed by atoms with van der Waals surface area (Å²) in [5.41, 5.74) is 0. The Hall–Kier alpha value is 0.994. The first-order valence-electron chi connectivity index (χ1n) is 3.58. The predicted octanol–water partition coefficient (Wildman–Crippen LogP) is 2.12. The molecule has 0 aliphatic carbocycles. The first kappa shape index (κ1) is 12.0. The van der Waals surface area contributed by atoms with Crippen molar-refractivity contribution in [3.63, 3.8) is 0 Å². The summed E-state index contributed by atoms with van der Waals surface area (Å²) in [5, 5.41) is 7.62. The molecule has 1 rings (SSSR count). The van der Waals surface area contributed by atoms with Gasteiger partial charge >= 0.3 is 33.0 Å². The standard InChI is InChI=1S/C6H13N2.2ClH.Ni/c1-3-7-5-2-6-8-4-1;;;/h7H,1-6H2;2*1H;/q-1;;;+3/p-2. The fourth-order valence-corrected chi connectivity index (χ4v) is 0.869. The second-order valence-electron chi connectivity index (χ2n) is 2.17. The Kier molecular flexibility index (Phi) is 12.0. The molecule has 0 amide bonds. The predicted molar refractivity (Wildman–Crippen MR) is 46.9 cm³/mol. The Morgan fingerprint density at radius 3 is 2.00 bits per heavy atom. The number of rotatable bonds is 0. The summed E-state index contributed by atoms with van der Waals surface area (Å²) in [4.78, 5) is 0. The van der Waals surface area contributed by atoms with Crippen molar-refractivity contribution in [3.05, 3.63) is 5.32 Å². The van der Waals surface area contributed by atoms with Crippen LogP contribution >= 0.6 is 20.4 Å². The first-order valence-corrected chi connectivity index (χ1v) is 6.30. The molecular formula is C6H13Cl2N2Ni. The van der Waals surface area contributed by atoms with Crippen LogP contribution < -0.4 is 5.32 Å². The zero-order valence-corrected chi connectivity index (χ0v) is 8.76. The van der Waals surface area contributed by atoms with E-state index in [4.69, 9.17) is 20.4 Å². The van der Waals surface area contributed by atoms with Crippen molar-refractivity contribution in [2.45, 2.75) is 12.8 Å². The molecule has 5 heteroatoms. The first-order chi connectivity index (χ1) is 5.41. The average Bonchev–Trinajstić information content (AvgIpc) is 1.86. The monoisotopic (exact) mass is 241 g/mol. The van der Waals surface area contributed by atoms with Crippen molar-refractivity contribution in [1.29, 1.82) is 0 Å². The van der Waals surface area contributed by atoms with Crippen molar-refractivity contribution in [2.75, 3.05) is 26.2 Å². The minimum atomic E-state index is 0.569. The Morgan fingerprint density at radius 2 is 1.55 bits per heavy atom. The average molecular weight is 243 g/mol. The molecule has 1 saturated heterocycles. The summed E-state index contributed by atoms with van der Waals surface area (Å²) in [6.07, 6.45) is 2.44. The van der Waals surface area contributed by atoms with Gasteiger partial charge in [0.25, 0.3) is 0 Å². The van der Waals surface area contributed by atoms with E-state index in [0.29, 0.717) is 12.7 Å². The molecule has 2 nitrogen and oxygen atoms in total. The van der Waals surface area contributed by atoms with Gasteiger partial charge in [-0.25, -0.2) is 0 Å². The maximum absolute atomic E-state index is 4.70. The third-order valence-corrected chi connectivity index (χ3v) is 1.34. The third-order valence-electron chi connectivity index (χ3n) is 1.34. The van der Waals surface area contributed by atoms with Gasteiger partial charge < -0.3 is 10.6 Å². The second kappa shape index (κ2) is 11.0. The molecule has 71 valence electrons. The summed E-state index contributed by atoms with van der Waals surface area (Å²) < 4.78 is 0. The van der Waals surface area contributed by atoms with Crippen molar-refractivity contribution < 1.29 is 12.7 Å². The van der Waals surface area contributed by atoms with Crippen molar-refractivity contribution in [1.82, 2.24) is 5.32 Å². The van der Waals surface area contributed by atoms with Crippen molar-refractivity contribution >= 4 is 20.4 Å². The van der Waals surface area contributed by atoms with Gasteiger partial charge in [-0.3, -0.25) is 0 Å². The van der Waals surface area contributed by atoms with Crippen LogP contribution in [-0.2, 0) is 12.7 Å². The van der Waals surface area contributed by atoms with Crippen LogP contribution in [0.4, 0.5) is 0 Å². The second-order valence-corrected chi connectivity index (χ2v) is 3.80. The van der Waals surface area contributed by atoms with E-state index in [-0.39, 0.29) is 0 Å². The van der Waals surface area contributed by atoms with Crippen LogP contribution in [0, 0.1) is 0 Å². The van der Waals surface area contributed by atoms with Crippen LogP contribution in [-0.4, -0.2) is 26.2 Å². The van der Waals surface area contributed by atoms with Gasteiger partial charge in [0.1, 0.15) is 0 Å². The molecule has 0 saturated carbocycles. The molecular weight excluding hydrogens is 230 g/mol. The number of halogens is 2. The van der Waals surface area contributed by atoms with Gasteiger partial charge in [0.05, 0.1) is 0 Å². The van der Waals surface area contributed by atoms with Crippen LogP contribution in [0.15, 0.2) is 0 Å². The quantitative estimate of drug-likeness (QED) is 0.647. The number of nitrogens with one attached hydrogen (secondary N) is 1. The van der Waals surface area contributed by atoms with E-state index in [2.05, 4.69) is 10.6 Å². The SMILES string of the molecule is C1C[N-]CCCNC1.[Cl][Ni+][Cl]. The fraction of sp³-hybridized carbons (Fsp3) is 1.00. The topological polar surface area (TPSA) is 26.1 Å². The molecule has 0 unspecified atom stereocenters. The molecule has 0 aromatic rings. The van der Waals surface area contributed by atoms with Gasteiger partial charge in [-0.2, -0.15) is 0 Å². The molecule has 1 aliphatic heterocycles. The van der Waals surface area contributed by atoms with Crippen LogP contribution in [0.2, 0.25) is 0 Å². The molecule has 0 atom stereocenters. The zero-order valence-electron chi connectivity index (χ0n) is 6.26. The molecule has 1 heterocycles. The Balaban J connectivity index is 0.000000292. The molecule has 0 bridgehead atoms. The molecule has 11 heavy (non-hydrogen) atoms. The fourth-order valence-electron chi connectivity index (χ4n) is 0.869. The van der Waals surface area contributed by atoms with Crippen LogP contribution in [0.25, 0.3) is 5.32 Å². The number of hydrogen-bond donors (Lipinski definition) is 1. The van der Waals surface area contributed by atoms with Crippen LogP contribution in [0.5, 0.6) is 0 Å². The van der Waals surface area contributed by atoms with E-state index in [1.807, 2.05) is 0 Å². The van der Waals surface area contributed by atoms with Crippen LogP contribution in [0.1, 0.15) is 12.8 Å². The van der Waals surface area contributed by atoms with Gasteiger partial charge in [-0.05, 0) is 13.1 Å². The van der Waals surface area contributed by atoms with E-state index in [0.717, 1.165) is 26.2 Å². The molecule has 1 N–H and O–H groups in total. The van der Waals surface area contributed by atoms with Gasteiger partial charge in [0.2, 0.25) is 0 Å². The van der Waals surface area contributed by atoms with Crippen LogP contribution in [0.3, 0.4) is 0 Å². The summed E-state index contributed by atoms with van der Waals surface area (Å²) in [6.45, 7) is 4.44. The minimum absolute atomic E-state index is 0.569. The van der Waals surface area contributed by atoms with Gasteiger partial charge in [-0.15, -0.1) is 13.1 Å². The van der Waals surface area contributed by atoms with Gasteiger partial charge in [-0.1, -0.05) is 12.8 Å². The summed E-state index contributed by atoms with van der Waals surface area (Å²) in [6, 6.07) is 0. The molecule has 0 aromatic heterocycles. The van der Waals surface area contributed by atoms with E-state index in [1.165, 1.54) is 12.8 Å². The van der Waals surface area contributed by atoms with E-state index >= 15 is 0 Å². The number of nitrogens with zero attached hydrogens (tertiary/aromatic N) is 1. The number of hydrogen-bond acceptors (Lipinski definition) is 1. The van der Waals surface area contributed by atoms with E-state index in [1.54, 1.807) is 0 Å². The summed E-state index contributed by atoms with van der Waals surface area (Å²) >= 11 is 0.569. The Labute approximate surface area is 82.7 Å². The van der Waals surface area contributed by atoms with Gasteiger partial charge in [0.15, 0.2) is 0 Å². The van der Waals surface area contributed by atoms with Crippen molar-refractivity contribution in [2.24, 2.45) is 0 Å². The molecule has 0 radical (unpaired) electrons. The molecule has 1 fully saturated rings. The van der Waals surface area contributed by atoms with Gasteiger partial charge in [0, 0.05) is 0 Å². The Bertz CT molecular complexity index is 51.6. The molecule has 0 spiro atoms. The normalized spacial score (nSPS) is 19.5. The summed E-state index contributed by atoms with van der Waals surface area (Å²) in [5.74, 6) is 0. The molecule has 0 aromatic carbocycles. The van der Waals surface area contributed by atoms with E-state index in [9.17, 15) is 0 Å². The third kappa shape index (κ3) is 11.0.